The largest absolute Gasteiger partial charge is 0.486 e. The van der Waals surface area contributed by atoms with Crippen molar-refractivity contribution in [2.75, 3.05) is 5.32 Å². The fourth-order valence-electron chi connectivity index (χ4n) is 1.16. The standard InChI is InChI=1S/C12H17NO3/c1-8(14)9(2)16-12-7-5-4-6-11(12)13-10(3)15/h4-9,14H,1-3H3,(H,13,15). The number of carbonyl (C=O) groups is 1. The molecule has 0 heterocycles. The monoisotopic (exact) mass is 223 g/mol. The molecule has 4 heteroatoms. The van der Waals surface area contributed by atoms with Gasteiger partial charge in [-0.25, -0.2) is 0 Å². The predicted octanol–water partition coefficient (Wildman–Crippen LogP) is 1.79. The number of carbonyl (C=O) groups excluding carboxylic acids is 1. The molecule has 0 bridgehead atoms. The van der Waals surface area contributed by atoms with E-state index in [0.29, 0.717) is 11.4 Å². The molecule has 2 N–H and O–H groups in total. The van der Waals surface area contributed by atoms with Crippen LogP contribution >= 0.6 is 0 Å². The third-order valence-corrected chi connectivity index (χ3v) is 2.19. The van der Waals surface area contributed by atoms with Crippen molar-refractivity contribution >= 4 is 11.6 Å². The summed E-state index contributed by atoms with van der Waals surface area (Å²) in [7, 11) is 0. The fourth-order valence-corrected chi connectivity index (χ4v) is 1.16. The molecule has 1 aromatic carbocycles. The summed E-state index contributed by atoms with van der Waals surface area (Å²) in [6, 6.07) is 7.14. The van der Waals surface area contributed by atoms with Crippen molar-refractivity contribution in [3.63, 3.8) is 0 Å². The van der Waals surface area contributed by atoms with E-state index in [-0.39, 0.29) is 12.0 Å². The molecule has 1 rings (SSSR count). The van der Waals surface area contributed by atoms with E-state index in [0.717, 1.165) is 0 Å². The van der Waals surface area contributed by atoms with Gasteiger partial charge in [-0.3, -0.25) is 4.79 Å². The second-order valence-electron chi connectivity index (χ2n) is 3.74. The van der Waals surface area contributed by atoms with E-state index in [1.54, 1.807) is 26.0 Å². The summed E-state index contributed by atoms with van der Waals surface area (Å²) in [5.74, 6) is 0.409. The van der Waals surface area contributed by atoms with Crippen LogP contribution in [0.4, 0.5) is 5.69 Å². The number of hydrogen-bond acceptors (Lipinski definition) is 3. The van der Waals surface area contributed by atoms with Crippen LogP contribution in [0.5, 0.6) is 5.75 Å². The summed E-state index contributed by atoms with van der Waals surface area (Å²) in [5, 5.41) is 12.0. The second-order valence-corrected chi connectivity index (χ2v) is 3.74. The Balaban J connectivity index is 2.82. The number of nitrogens with one attached hydrogen (secondary N) is 1. The molecule has 88 valence electrons. The van der Waals surface area contributed by atoms with Crippen LogP contribution in [0, 0.1) is 0 Å². The second kappa shape index (κ2) is 5.51. The molecule has 0 aromatic heterocycles. The van der Waals surface area contributed by atoms with Gasteiger partial charge in [-0.2, -0.15) is 0 Å². The average Bonchev–Trinajstić information content (AvgIpc) is 2.20. The Hall–Kier alpha value is -1.55. The van der Waals surface area contributed by atoms with Crippen LogP contribution in [-0.4, -0.2) is 23.2 Å². The van der Waals surface area contributed by atoms with Crippen LogP contribution in [-0.2, 0) is 4.79 Å². The van der Waals surface area contributed by atoms with Crippen molar-refractivity contribution < 1.29 is 14.6 Å². The molecule has 0 radical (unpaired) electrons. The zero-order chi connectivity index (χ0) is 12.1. The summed E-state index contributed by atoms with van der Waals surface area (Å²) in [4.78, 5) is 11.0. The van der Waals surface area contributed by atoms with Gasteiger partial charge in [0.15, 0.2) is 0 Å². The summed E-state index contributed by atoms with van der Waals surface area (Å²) in [6.45, 7) is 4.87. The minimum atomic E-state index is -0.564. The van der Waals surface area contributed by atoms with Crippen molar-refractivity contribution in [1.82, 2.24) is 0 Å². The SMILES string of the molecule is CC(=O)Nc1ccccc1OC(C)C(C)O. The topological polar surface area (TPSA) is 58.6 Å². The first-order valence-electron chi connectivity index (χ1n) is 5.22. The Labute approximate surface area is 95.2 Å². The molecular weight excluding hydrogens is 206 g/mol. The van der Waals surface area contributed by atoms with Gasteiger partial charge in [0.05, 0.1) is 11.8 Å². The highest BCUT2D eigenvalue weighted by Crippen LogP contribution is 2.25. The molecule has 0 aliphatic rings. The van der Waals surface area contributed by atoms with E-state index in [1.807, 2.05) is 12.1 Å². The molecule has 0 fully saturated rings. The highest BCUT2D eigenvalue weighted by molar-refractivity contribution is 5.90. The predicted molar refractivity (Wildman–Crippen MR) is 62.5 cm³/mol. The first-order valence-corrected chi connectivity index (χ1v) is 5.22. The Morgan fingerprint density at radius 2 is 2.00 bits per heavy atom. The zero-order valence-corrected chi connectivity index (χ0v) is 9.73. The first-order chi connectivity index (χ1) is 7.50. The average molecular weight is 223 g/mol. The molecule has 0 saturated carbocycles. The Morgan fingerprint density at radius 3 is 2.56 bits per heavy atom. The number of amides is 1. The maximum Gasteiger partial charge on any atom is 0.221 e. The quantitative estimate of drug-likeness (QED) is 0.818. The Kier molecular flexibility index (Phi) is 4.31. The maximum absolute atomic E-state index is 11.0. The van der Waals surface area contributed by atoms with Crippen LogP contribution in [0.1, 0.15) is 20.8 Å². The summed E-state index contributed by atoms with van der Waals surface area (Å²) < 4.78 is 5.54. The smallest absolute Gasteiger partial charge is 0.221 e. The minimum Gasteiger partial charge on any atom is -0.486 e. The minimum absolute atomic E-state index is 0.152. The molecule has 0 aliphatic carbocycles. The van der Waals surface area contributed by atoms with Gasteiger partial charge in [-0.15, -0.1) is 0 Å². The van der Waals surface area contributed by atoms with Crippen molar-refractivity contribution in [1.29, 1.82) is 0 Å². The van der Waals surface area contributed by atoms with Crippen LogP contribution < -0.4 is 10.1 Å². The fraction of sp³-hybridized carbons (Fsp3) is 0.417. The zero-order valence-electron chi connectivity index (χ0n) is 9.73. The lowest BCUT2D eigenvalue weighted by molar-refractivity contribution is -0.114. The third-order valence-electron chi connectivity index (χ3n) is 2.19. The van der Waals surface area contributed by atoms with E-state index in [4.69, 9.17) is 4.74 Å². The van der Waals surface area contributed by atoms with Crippen LogP contribution in [0.15, 0.2) is 24.3 Å². The van der Waals surface area contributed by atoms with Crippen molar-refractivity contribution in [3.8, 4) is 5.75 Å². The van der Waals surface area contributed by atoms with Gasteiger partial charge in [0.2, 0.25) is 5.91 Å². The van der Waals surface area contributed by atoms with Gasteiger partial charge in [0, 0.05) is 6.92 Å². The first kappa shape index (κ1) is 12.5. The summed E-state index contributed by atoms with van der Waals surface area (Å²) in [5.41, 5.74) is 0.613. The third kappa shape index (κ3) is 3.55. The Morgan fingerprint density at radius 1 is 1.38 bits per heavy atom. The lowest BCUT2D eigenvalue weighted by atomic mass is 10.2. The molecule has 0 saturated heterocycles. The summed E-state index contributed by atoms with van der Waals surface area (Å²) in [6.07, 6.45) is -0.889. The molecule has 0 spiro atoms. The van der Waals surface area contributed by atoms with Crippen LogP contribution in [0.3, 0.4) is 0 Å². The lowest BCUT2D eigenvalue weighted by Gasteiger charge is -2.19. The number of hydrogen-bond donors (Lipinski definition) is 2. The molecule has 16 heavy (non-hydrogen) atoms. The van der Waals surface area contributed by atoms with Crippen molar-refractivity contribution in [2.24, 2.45) is 0 Å². The normalized spacial score (nSPS) is 14.0. The molecule has 4 nitrogen and oxygen atoms in total. The maximum atomic E-state index is 11.0. The number of benzene rings is 1. The van der Waals surface area contributed by atoms with E-state index < -0.39 is 6.10 Å². The highest BCUT2D eigenvalue weighted by atomic mass is 16.5. The van der Waals surface area contributed by atoms with Gasteiger partial charge in [0.1, 0.15) is 11.9 Å². The molecular formula is C12H17NO3. The molecule has 1 aromatic rings. The van der Waals surface area contributed by atoms with Gasteiger partial charge >= 0.3 is 0 Å². The lowest BCUT2D eigenvalue weighted by Crippen LogP contribution is -2.26. The van der Waals surface area contributed by atoms with Crippen LogP contribution in [0.2, 0.25) is 0 Å². The van der Waals surface area contributed by atoms with Crippen molar-refractivity contribution in [3.05, 3.63) is 24.3 Å². The van der Waals surface area contributed by atoms with Gasteiger partial charge in [0.25, 0.3) is 0 Å². The van der Waals surface area contributed by atoms with Gasteiger partial charge < -0.3 is 15.2 Å². The van der Waals surface area contributed by atoms with E-state index in [1.165, 1.54) is 6.92 Å². The molecule has 0 aliphatic heterocycles. The van der Waals surface area contributed by atoms with E-state index >= 15 is 0 Å². The number of aliphatic hydroxyl groups is 1. The number of aliphatic hydroxyl groups excluding tert-OH is 1. The molecule has 2 unspecified atom stereocenters. The Bertz CT molecular complexity index is 363. The number of para-hydroxylation sites is 2. The number of anilines is 1. The van der Waals surface area contributed by atoms with E-state index in [9.17, 15) is 9.90 Å². The number of ether oxygens (including phenoxy) is 1. The van der Waals surface area contributed by atoms with Gasteiger partial charge in [-0.1, -0.05) is 12.1 Å². The van der Waals surface area contributed by atoms with Gasteiger partial charge in [-0.05, 0) is 26.0 Å². The molecule has 1 amide bonds. The van der Waals surface area contributed by atoms with E-state index in [2.05, 4.69) is 5.32 Å². The van der Waals surface area contributed by atoms with Crippen LogP contribution in [0.25, 0.3) is 0 Å². The summed E-state index contributed by atoms with van der Waals surface area (Å²) >= 11 is 0. The van der Waals surface area contributed by atoms with Crippen molar-refractivity contribution in [2.45, 2.75) is 33.0 Å². The molecule has 2 atom stereocenters. The highest BCUT2D eigenvalue weighted by Gasteiger charge is 2.12. The number of rotatable bonds is 4.